The van der Waals surface area contributed by atoms with Gasteiger partial charge in [-0.1, -0.05) is 6.92 Å². The molecule has 0 unspecified atom stereocenters. The highest BCUT2D eigenvalue weighted by molar-refractivity contribution is 5.49. The van der Waals surface area contributed by atoms with Crippen molar-refractivity contribution < 1.29 is 14.6 Å². The van der Waals surface area contributed by atoms with Crippen LogP contribution in [0.25, 0.3) is 0 Å². The van der Waals surface area contributed by atoms with E-state index in [1.54, 1.807) is 14.2 Å². The van der Waals surface area contributed by atoms with E-state index in [1.807, 2.05) is 11.0 Å². The molecule has 0 saturated heterocycles. The maximum Gasteiger partial charge on any atom is 0.158 e. The third kappa shape index (κ3) is 6.24. The fourth-order valence-corrected chi connectivity index (χ4v) is 1.85. The fraction of sp³-hybridized carbons (Fsp3) is 0.714. The molecule has 0 aliphatic rings. The molecule has 0 amide bonds. The molecule has 1 rings (SSSR count). The van der Waals surface area contributed by atoms with Crippen LogP contribution in [0.2, 0.25) is 0 Å². The molecule has 0 atom stereocenters. The maximum atomic E-state index is 9.21. The summed E-state index contributed by atoms with van der Waals surface area (Å²) in [6.07, 6.45) is 1.02. The van der Waals surface area contributed by atoms with Gasteiger partial charge in [0, 0.05) is 39.9 Å². The lowest BCUT2D eigenvalue weighted by molar-refractivity contribution is 0.177. The van der Waals surface area contributed by atoms with Crippen LogP contribution >= 0.6 is 0 Å². The maximum absolute atomic E-state index is 9.21. The van der Waals surface area contributed by atoms with Gasteiger partial charge < -0.3 is 24.8 Å². The van der Waals surface area contributed by atoms with Gasteiger partial charge in [0.1, 0.15) is 18.2 Å². The van der Waals surface area contributed by atoms with Gasteiger partial charge in [-0.15, -0.1) is 0 Å². The van der Waals surface area contributed by atoms with E-state index >= 15 is 0 Å². The third-order valence-electron chi connectivity index (χ3n) is 2.85. The molecule has 1 aromatic rings. The Hall–Kier alpha value is -1.44. The number of aromatic nitrogens is 2. The average Bonchev–Trinajstić information content (AvgIpc) is 2.49. The Morgan fingerprint density at radius 3 is 2.67 bits per heavy atom. The number of nitrogens with one attached hydrogen (secondary N) is 1. The van der Waals surface area contributed by atoms with Crippen molar-refractivity contribution in [3.63, 3.8) is 0 Å². The number of anilines is 2. The summed E-state index contributed by atoms with van der Waals surface area (Å²) in [5.41, 5.74) is 0. The predicted molar refractivity (Wildman–Crippen MR) is 82.7 cm³/mol. The number of nitrogens with zero attached hydrogens (tertiary/aromatic N) is 3. The van der Waals surface area contributed by atoms with Crippen LogP contribution in [0.15, 0.2) is 6.07 Å². The molecule has 0 saturated carbocycles. The SMILES string of the molecule is CCCNc1cc(N(CCO)CCOC)nc(COC)n1. The largest absolute Gasteiger partial charge is 0.395 e. The topological polar surface area (TPSA) is 79.7 Å². The number of ether oxygens (including phenoxy) is 2. The van der Waals surface area contributed by atoms with Crippen molar-refractivity contribution >= 4 is 11.6 Å². The first-order chi connectivity index (χ1) is 10.2. The van der Waals surface area contributed by atoms with Gasteiger partial charge in [-0.05, 0) is 6.42 Å². The molecule has 0 fully saturated rings. The molecular weight excluding hydrogens is 272 g/mol. The van der Waals surface area contributed by atoms with Crippen LogP contribution in [0.3, 0.4) is 0 Å². The van der Waals surface area contributed by atoms with Crippen LogP contribution in [0.1, 0.15) is 19.2 Å². The molecule has 0 aromatic carbocycles. The van der Waals surface area contributed by atoms with Crippen molar-refractivity contribution in [1.82, 2.24) is 9.97 Å². The van der Waals surface area contributed by atoms with Crippen LogP contribution in [-0.4, -0.2) is 62.1 Å². The van der Waals surface area contributed by atoms with E-state index in [1.165, 1.54) is 0 Å². The highest BCUT2D eigenvalue weighted by Gasteiger charge is 2.11. The molecule has 0 aliphatic carbocycles. The zero-order valence-corrected chi connectivity index (χ0v) is 13.1. The predicted octanol–water partition coefficient (Wildman–Crippen LogP) is 0.890. The Bertz CT molecular complexity index is 404. The number of methoxy groups -OCH3 is 2. The third-order valence-corrected chi connectivity index (χ3v) is 2.85. The minimum Gasteiger partial charge on any atom is -0.395 e. The summed E-state index contributed by atoms with van der Waals surface area (Å²) in [5.74, 6) is 2.16. The van der Waals surface area contributed by atoms with Gasteiger partial charge in [-0.2, -0.15) is 0 Å². The first kappa shape index (κ1) is 17.6. The van der Waals surface area contributed by atoms with Crippen molar-refractivity contribution in [2.24, 2.45) is 0 Å². The Balaban J connectivity index is 2.96. The minimum absolute atomic E-state index is 0.0606. The van der Waals surface area contributed by atoms with Gasteiger partial charge in [0.2, 0.25) is 0 Å². The standard InChI is InChI=1S/C14H26N4O3/c1-4-5-15-12-10-14(17-13(16-12)11-21-3)18(6-8-19)7-9-20-2/h10,19H,4-9,11H2,1-3H3,(H,15,16,17). The molecule has 120 valence electrons. The Morgan fingerprint density at radius 1 is 1.24 bits per heavy atom. The molecule has 1 aromatic heterocycles. The molecule has 21 heavy (non-hydrogen) atoms. The Kier molecular flexibility index (Phi) is 8.65. The first-order valence-corrected chi connectivity index (χ1v) is 7.20. The second kappa shape index (κ2) is 10.3. The summed E-state index contributed by atoms with van der Waals surface area (Å²) in [6, 6.07) is 1.89. The van der Waals surface area contributed by atoms with E-state index in [4.69, 9.17) is 9.47 Å². The highest BCUT2D eigenvalue weighted by atomic mass is 16.5. The van der Waals surface area contributed by atoms with Crippen molar-refractivity contribution in [2.75, 3.05) is 57.3 Å². The van der Waals surface area contributed by atoms with E-state index in [2.05, 4.69) is 22.2 Å². The van der Waals surface area contributed by atoms with Gasteiger partial charge in [-0.3, -0.25) is 0 Å². The van der Waals surface area contributed by atoms with E-state index in [9.17, 15) is 5.11 Å². The molecule has 0 spiro atoms. The van der Waals surface area contributed by atoms with Crippen molar-refractivity contribution in [1.29, 1.82) is 0 Å². The number of hydrogen-bond acceptors (Lipinski definition) is 7. The van der Waals surface area contributed by atoms with Crippen molar-refractivity contribution in [3.05, 3.63) is 11.9 Å². The first-order valence-electron chi connectivity index (χ1n) is 7.20. The molecule has 0 bridgehead atoms. The van der Waals surface area contributed by atoms with Crippen LogP contribution in [0, 0.1) is 0 Å². The second-order valence-corrected chi connectivity index (χ2v) is 4.59. The quantitative estimate of drug-likeness (QED) is 0.628. The van der Waals surface area contributed by atoms with Gasteiger partial charge in [-0.25, -0.2) is 9.97 Å². The number of aliphatic hydroxyl groups excluding tert-OH is 1. The lowest BCUT2D eigenvalue weighted by atomic mass is 10.4. The number of rotatable bonds is 11. The average molecular weight is 298 g/mol. The van der Waals surface area contributed by atoms with E-state index in [0.29, 0.717) is 32.1 Å². The normalized spacial score (nSPS) is 10.7. The van der Waals surface area contributed by atoms with Crippen LogP contribution < -0.4 is 10.2 Å². The summed E-state index contributed by atoms with van der Waals surface area (Å²) in [4.78, 5) is 10.9. The van der Waals surface area contributed by atoms with E-state index in [-0.39, 0.29) is 6.61 Å². The van der Waals surface area contributed by atoms with Gasteiger partial charge in [0.05, 0.1) is 13.2 Å². The van der Waals surface area contributed by atoms with E-state index in [0.717, 1.165) is 24.6 Å². The molecular formula is C14H26N4O3. The highest BCUT2D eigenvalue weighted by Crippen LogP contribution is 2.16. The van der Waals surface area contributed by atoms with Crippen LogP contribution in [-0.2, 0) is 16.1 Å². The van der Waals surface area contributed by atoms with Crippen LogP contribution in [0.4, 0.5) is 11.6 Å². The molecule has 0 aliphatic heterocycles. The molecule has 0 radical (unpaired) electrons. The zero-order chi connectivity index (χ0) is 15.5. The van der Waals surface area contributed by atoms with Gasteiger partial charge >= 0.3 is 0 Å². The smallest absolute Gasteiger partial charge is 0.158 e. The fourth-order valence-electron chi connectivity index (χ4n) is 1.85. The molecule has 7 heteroatoms. The number of aliphatic hydroxyl groups is 1. The second-order valence-electron chi connectivity index (χ2n) is 4.59. The Morgan fingerprint density at radius 2 is 2.05 bits per heavy atom. The lowest BCUT2D eigenvalue weighted by Gasteiger charge is -2.23. The molecule has 1 heterocycles. The lowest BCUT2D eigenvalue weighted by Crippen LogP contribution is -2.31. The summed E-state index contributed by atoms with van der Waals surface area (Å²) in [5, 5.41) is 12.5. The van der Waals surface area contributed by atoms with Gasteiger partial charge in [0.25, 0.3) is 0 Å². The van der Waals surface area contributed by atoms with Crippen LogP contribution in [0.5, 0.6) is 0 Å². The minimum atomic E-state index is 0.0606. The summed E-state index contributed by atoms with van der Waals surface area (Å²) < 4.78 is 10.2. The zero-order valence-electron chi connectivity index (χ0n) is 13.1. The Labute approximate surface area is 126 Å². The summed E-state index contributed by atoms with van der Waals surface area (Å²) >= 11 is 0. The van der Waals surface area contributed by atoms with Crippen molar-refractivity contribution in [2.45, 2.75) is 20.0 Å². The molecule has 2 N–H and O–H groups in total. The van der Waals surface area contributed by atoms with Gasteiger partial charge in [0.15, 0.2) is 5.82 Å². The summed E-state index contributed by atoms with van der Waals surface area (Å²) in [7, 11) is 3.27. The number of hydrogen-bond donors (Lipinski definition) is 2. The molecule has 7 nitrogen and oxygen atoms in total. The van der Waals surface area contributed by atoms with E-state index < -0.39 is 0 Å². The summed E-state index contributed by atoms with van der Waals surface area (Å²) in [6.45, 7) is 5.09. The van der Waals surface area contributed by atoms with Crippen molar-refractivity contribution in [3.8, 4) is 0 Å². The monoisotopic (exact) mass is 298 g/mol.